The molecule has 5 rings (SSSR count). The van der Waals surface area contributed by atoms with Gasteiger partial charge in [-0.05, 0) is 74.1 Å². The number of alkyl carbamates (subject to hydrolysis) is 1. The van der Waals surface area contributed by atoms with Gasteiger partial charge in [-0.3, -0.25) is 24.4 Å². The van der Waals surface area contributed by atoms with Crippen LogP contribution in [-0.2, 0) is 40.3 Å². The molecule has 53 heavy (non-hydrogen) atoms. The van der Waals surface area contributed by atoms with Crippen LogP contribution in [0, 0.1) is 11.3 Å². The summed E-state index contributed by atoms with van der Waals surface area (Å²) in [5, 5.41) is 7.55. The normalized spacial score (nSPS) is 27.7. The molecule has 2 heterocycles. The first-order chi connectivity index (χ1) is 25.1. The Morgan fingerprint density at radius 2 is 1.77 bits per heavy atom. The summed E-state index contributed by atoms with van der Waals surface area (Å²) in [7, 11) is -2.35. The third-order valence-corrected chi connectivity index (χ3v) is 12.4. The molecule has 5 atom stereocenters. The summed E-state index contributed by atoms with van der Waals surface area (Å²) in [6, 6.07) is 2.90. The fourth-order valence-electron chi connectivity index (χ4n) is 7.21. The molecule has 2 saturated carbocycles. The standard InChI is InChI=1S/C37H53N5O10S/c1-6-24-17-18-37(24,33(45)41-53(48,49)27-14-15-27)40-31(43)28-21-26-22-42(28)32(44)30(36(2,3)4)39-34(46)51-19-11-9-7-8-10-12-23-20-25(38-35(47)52-26)13-16-29(23)50-5/h6,13,16,20,24,26-28,30H,1,7-12,14-15,17-19,21-22H2,2-5H3,(H,38,47)(H,39,46)(H,40,43)(H,41,45)/t24-,26-,28+,30-,37-/m1/s1. The van der Waals surface area contributed by atoms with Crippen LogP contribution in [0.3, 0.4) is 0 Å². The lowest BCUT2D eigenvalue weighted by atomic mass is 9.66. The SMILES string of the molecule is C=C[C@@H]1CC[C@]1(NC(=O)[C@@H]1C[C@@H]2CN1C(=O)[C@H](C(C)(C)C)NC(=O)OCCCCCCCc1cc(ccc1OC)NC(=O)O2)C(=O)NS(=O)(=O)C1CC1. The Hall–Kier alpha value is -4.34. The number of rotatable bonds is 7. The van der Waals surface area contributed by atoms with E-state index in [1.165, 1.54) is 11.0 Å². The Balaban J connectivity index is 1.43. The smallest absolute Gasteiger partial charge is 0.411 e. The number of cyclic esters (lactones) is 1. The maximum absolute atomic E-state index is 14.4. The minimum atomic E-state index is -3.93. The van der Waals surface area contributed by atoms with E-state index in [0.29, 0.717) is 37.1 Å². The molecule has 4 aliphatic rings. The van der Waals surface area contributed by atoms with Gasteiger partial charge in [0, 0.05) is 18.0 Å². The first kappa shape index (κ1) is 39.9. The Kier molecular flexibility index (Phi) is 12.3. The number of aryl methyl sites for hydroxylation is 1. The van der Waals surface area contributed by atoms with E-state index in [1.54, 1.807) is 40.0 Å². The van der Waals surface area contributed by atoms with Gasteiger partial charge < -0.3 is 29.7 Å². The van der Waals surface area contributed by atoms with Gasteiger partial charge in [-0.2, -0.15) is 0 Å². The van der Waals surface area contributed by atoms with Crippen LogP contribution in [0.15, 0.2) is 30.9 Å². The zero-order chi connectivity index (χ0) is 38.6. The summed E-state index contributed by atoms with van der Waals surface area (Å²) in [6.07, 6.45) is 5.30. The van der Waals surface area contributed by atoms with Gasteiger partial charge in [0.05, 0.1) is 25.5 Å². The molecule has 3 fully saturated rings. The predicted molar refractivity (Wildman–Crippen MR) is 195 cm³/mol. The molecule has 2 aliphatic carbocycles. The molecule has 0 spiro atoms. The van der Waals surface area contributed by atoms with Gasteiger partial charge in [-0.1, -0.05) is 46.1 Å². The van der Waals surface area contributed by atoms with Crippen LogP contribution in [0.1, 0.15) is 90.5 Å². The largest absolute Gasteiger partial charge is 0.496 e. The number of hydrogen-bond acceptors (Lipinski definition) is 10. The van der Waals surface area contributed by atoms with E-state index >= 15 is 0 Å². The molecule has 0 aromatic heterocycles. The number of ether oxygens (including phenoxy) is 3. The van der Waals surface area contributed by atoms with Crippen LogP contribution in [0.25, 0.3) is 0 Å². The summed E-state index contributed by atoms with van der Waals surface area (Å²) in [6.45, 7) is 9.04. The molecule has 5 amide bonds. The third-order valence-electron chi connectivity index (χ3n) is 10.6. The number of carbonyl (C=O) groups is 5. The van der Waals surface area contributed by atoms with Gasteiger partial charge in [-0.15, -0.1) is 6.58 Å². The van der Waals surface area contributed by atoms with Crippen LogP contribution < -0.4 is 25.4 Å². The number of nitrogens with one attached hydrogen (secondary N) is 4. The maximum Gasteiger partial charge on any atom is 0.411 e. The third kappa shape index (κ3) is 9.43. The monoisotopic (exact) mass is 759 g/mol. The van der Waals surface area contributed by atoms with E-state index in [-0.39, 0.29) is 26.0 Å². The summed E-state index contributed by atoms with van der Waals surface area (Å²) in [5.41, 5.74) is -1.06. The minimum Gasteiger partial charge on any atom is -0.496 e. The van der Waals surface area contributed by atoms with Crippen LogP contribution in [0.5, 0.6) is 5.75 Å². The van der Waals surface area contributed by atoms with Gasteiger partial charge in [0.2, 0.25) is 21.8 Å². The van der Waals surface area contributed by atoms with E-state index in [0.717, 1.165) is 37.7 Å². The van der Waals surface area contributed by atoms with Crippen molar-refractivity contribution in [2.75, 3.05) is 25.6 Å². The van der Waals surface area contributed by atoms with Crippen LogP contribution in [0.4, 0.5) is 15.3 Å². The van der Waals surface area contributed by atoms with Crippen LogP contribution in [0.2, 0.25) is 0 Å². The molecular formula is C37H53N5O10S. The lowest BCUT2D eigenvalue weighted by Gasteiger charge is -2.47. The van der Waals surface area contributed by atoms with E-state index in [1.807, 2.05) is 6.07 Å². The van der Waals surface area contributed by atoms with Crippen molar-refractivity contribution in [3.8, 4) is 5.75 Å². The topological polar surface area (TPSA) is 199 Å². The number of sulfonamides is 1. The number of anilines is 1. The lowest BCUT2D eigenvalue weighted by Crippen LogP contribution is -2.70. The van der Waals surface area contributed by atoms with Crippen LogP contribution >= 0.6 is 0 Å². The van der Waals surface area contributed by atoms with E-state index in [4.69, 9.17) is 14.2 Å². The Bertz CT molecular complexity index is 1690. The van der Waals surface area contributed by atoms with Crippen molar-refractivity contribution in [3.05, 3.63) is 36.4 Å². The zero-order valence-electron chi connectivity index (χ0n) is 31.0. The minimum absolute atomic E-state index is 0.128. The van der Waals surface area contributed by atoms with E-state index in [9.17, 15) is 32.4 Å². The van der Waals surface area contributed by atoms with Crippen molar-refractivity contribution in [2.45, 2.75) is 120 Å². The number of hydrogen-bond donors (Lipinski definition) is 4. The van der Waals surface area contributed by atoms with Crippen molar-refractivity contribution in [3.63, 3.8) is 0 Å². The van der Waals surface area contributed by atoms with E-state index in [2.05, 4.69) is 27.3 Å². The van der Waals surface area contributed by atoms with E-state index < -0.39 is 80.2 Å². The van der Waals surface area contributed by atoms with Crippen molar-refractivity contribution in [2.24, 2.45) is 11.3 Å². The number of fused-ring (bicyclic) bond motifs is 4. The molecular weight excluding hydrogens is 706 g/mol. The molecule has 4 bridgehead atoms. The summed E-state index contributed by atoms with van der Waals surface area (Å²) in [4.78, 5) is 69.7. The second-order valence-electron chi connectivity index (χ2n) is 15.5. The predicted octanol–water partition coefficient (Wildman–Crippen LogP) is 3.92. The van der Waals surface area contributed by atoms with Gasteiger partial charge in [0.25, 0.3) is 5.91 Å². The van der Waals surface area contributed by atoms with Gasteiger partial charge in [0.1, 0.15) is 29.5 Å². The highest BCUT2D eigenvalue weighted by Gasteiger charge is 2.56. The Morgan fingerprint density at radius 1 is 1.06 bits per heavy atom. The number of carbonyl (C=O) groups excluding carboxylic acids is 5. The molecule has 16 heteroatoms. The molecule has 0 unspecified atom stereocenters. The Morgan fingerprint density at radius 3 is 2.42 bits per heavy atom. The number of benzene rings is 1. The quantitative estimate of drug-likeness (QED) is 0.296. The molecule has 1 aromatic rings. The second-order valence-corrected chi connectivity index (χ2v) is 17.5. The number of methoxy groups -OCH3 is 1. The highest BCUT2D eigenvalue weighted by atomic mass is 32.2. The van der Waals surface area contributed by atoms with Gasteiger partial charge in [0.15, 0.2) is 0 Å². The molecule has 1 aromatic carbocycles. The fourth-order valence-corrected chi connectivity index (χ4v) is 8.57. The highest BCUT2D eigenvalue weighted by molar-refractivity contribution is 7.91. The van der Waals surface area contributed by atoms with Crippen molar-refractivity contribution < 1.29 is 46.6 Å². The average Bonchev–Trinajstić information content (AvgIpc) is 3.87. The molecule has 2 aliphatic heterocycles. The second kappa shape index (κ2) is 16.4. The van der Waals surface area contributed by atoms with Crippen LogP contribution in [-0.4, -0.2) is 92.5 Å². The van der Waals surface area contributed by atoms with Crippen molar-refractivity contribution >= 4 is 45.6 Å². The summed E-state index contributed by atoms with van der Waals surface area (Å²) >= 11 is 0. The van der Waals surface area contributed by atoms with Crippen molar-refractivity contribution in [1.82, 2.24) is 20.3 Å². The molecule has 0 radical (unpaired) electrons. The molecule has 1 saturated heterocycles. The average molecular weight is 760 g/mol. The zero-order valence-corrected chi connectivity index (χ0v) is 31.9. The molecule has 4 N–H and O–H groups in total. The first-order valence-corrected chi connectivity index (χ1v) is 20.0. The number of amides is 5. The molecule has 292 valence electrons. The summed E-state index contributed by atoms with van der Waals surface area (Å²) < 4.78 is 44.4. The maximum atomic E-state index is 14.4. The summed E-state index contributed by atoms with van der Waals surface area (Å²) in [5.74, 6) is -2.10. The van der Waals surface area contributed by atoms with Gasteiger partial charge >= 0.3 is 12.2 Å². The van der Waals surface area contributed by atoms with Crippen molar-refractivity contribution in [1.29, 1.82) is 0 Å². The molecule has 15 nitrogen and oxygen atoms in total. The first-order valence-electron chi connectivity index (χ1n) is 18.5. The highest BCUT2D eigenvalue weighted by Crippen LogP contribution is 2.41. The number of nitrogens with zero attached hydrogens (tertiary/aromatic N) is 1. The fraction of sp³-hybridized carbons (Fsp3) is 0.649. The Labute approximate surface area is 311 Å². The lowest BCUT2D eigenvalue weighted by molar-refractivity contribution is -0.145. The van der Waals surface area contributed by atoms with Gasteiger partial charge in [-0.25, -0.2) is 18.0 Å².